The maximum atomic E-state index is 12.4. The number of amides is 1. The van der Waals surface area contributed by atoms with Gasteiger partial charge < -0.3 is 20.6 Å². The first-order valence-electron chi connectivity index (χ1n) is 22.6. The van der Waals surface area contributed by atoms with E-state index >= 15 is 0 Å². The van der Waals surface area contributed by atoms with Crippen LogP contribution < -0.4 is 5.32 Å². The number of rotatable bonds is 41. The minimum absolute atomic E-state index is 0.00980. The third-order valence-corrected chi connectivity index (χ3v) is 10.5. The summed E-state index contributed by atoms with van der Waals surface area (Å²) in [4.78, 5) is 12.4. The van der Waals surface area contributed by atoms with E-state index in [1.807, 2.05) is 6.08 Å². The van der Waals surface area contributed by atoms with E-state index in [1.165, 1.54) is 173 Å². The highest BCUT2D eigenvalue weighted by Crippen LogP contribution is 2.15. The van der Waals surface area contributed by atoms with Crippen molar-refractivity contribution < 1.29 is 20.1 Å². The van der Waals surface area contributed by atoms with Crippen LogP contribution in [0.4, 0.5) is 0 Å². The molecule has 302 valence electrons. The van der Waals surface area contributed by atoms with Crippen molar-refractivity contribution in [3.05, 3.63) is 24.3 Å². The normalized spacial score (nSPS) is 13.7. The number of carbonyl (C=O) groups excluding carboxylic acids is 1. The van der Waals surface area contributed by atoms with Crippen LogP contribution in [0.5, 0.6) is 0 Å². The number of aliphatic hydroxyl groups excluding tert-OH is 3. The maximum Gasteiger partial charge on any atom is 0.222 e. The Morgan fingerprint density at radius 1 is 0.490 bits per heavy atom. The van der Waals surface area contributed by atoms with Crippen LogP contribution in [0.15, 0.2) is 24.3 Å². The molecule has 5 nitrogen and oxygen atoms in total. The van der Waals surface area contributed by atoms with Gasteiger partial charge in [0.15, 0.2) is 0 Å². The van der Waals surface area contributed by atoms with Crippen molar-refractivity contribution in [2.75, 3.05) is 6.61 Å². The minimum Gasteiger partial charge on any atom is -0.394 e. The number of allylic oxidation sites excluding steroid dienone is 3. The number of carbonyl (C=O) groups is 1. The predicted octanol–water partition coefficient (Wildman–Crippen LogP) is 13.0. The smallest absolute Gasteiger partial charge is 0.222 e. The highest BCUT2D eigenvalue weighted by Gasteiger charge is 2.20. The van der Waals surface area contributed by atoms with Crippen LogP contribution >= 0.6 is 0 Å². The van der Waals surface area contributed by atoms with Crippen LogP contribution in [0.1, 0.15) is 239 Å². The van der Waals surface area contributed by atoms with Crippen LogP contribution in [-0.2, 0) is 4.79 Å². The summed E-state index contributed by atoms with van der Waals surface area (Å²) in [6, 6.07) is -0.744. The first-order chi connectivity index (χ1) is 25.0. The molecule has 0 aliphatic rings. The van der Waals surface area contributed by atoms with Gasteiger partial charge in [-0.1, -0.05) is 212 Å². The summed E-state index contributed by atoms with van der Waals surface area (Å²) >= 11 is 0. The SMILES string of the molecule is CCCCCCCCCCCCCC/C=C\CCCCCCCC(O)CC(=O)NC(CO)C(O)/C=C/CCCCCCCCCCCCCCC. The van der Waals surface area contributed by atoms with Gasteiger partial charge in [-0.3, -0.25) is 4.79 Å². The maximum absolute atomic E-state index is 12.4. The molecule has 0 aromatic rings. The molecule has 0 heterocycles. The Morgan fingerprint density at radius 2 is 0.824 bits per heavy atom. The van der Waals surface area contributed by atoms with Gasteiger partial charge in [-0.2, -0.15) is 0 Å². The molecule has 4 N–H and O–H groups in total. The van der Waals surface area contributed by atoms with Crippen molar-refractivity contribution in [1.82, 2.24) is 5.32 Å². The van der Waals surface area contributed by atoms with E-state index in [0.717, 1.165) is 38.5 Å². The molecule has 1 amide bonds. The third-order valence-electron chi connectivity index (χ3n) is 10.5. The molecule has 0 radical (unpaired) electrons. The summed E-state index contributed by atoms with van der Waals surface area (Å²) < 4.78 is 0. The summed E-state index contributed by atoms with van der Waals surface area (Å²) in [6.45, 7) is 4.22. The quantitative estimate of drug-likeness (QED) is 0.0374. The molecule has 0 aliphatic heterocycles. The molecule has 0 aromatic heterocycles. The molecular formula is C46H89NO4. The highest BCUT2D eigenvalue weighted by molar-refractivity contribution is 5.76. The van der Waals surface area contributed by atoms with E-state index < -0.39 is 18.2 Å². The largest absolute Gasteiger partial charge is 0.394 e. The Morgan fingerprint density at radius 3 is 1.20 bits per heavy atom. The number of hydrogen-bond donors (Lipinski definition) is 4. The predicted molar refractivity (Wildman–Crippen MR) is 222 cm³/mol. The van der Waals surface area contributed by atoms with Gasteiger partial charge in [-0.05, 0) is 44.9 Å². The molecule has 0 aliphatic carbocycles. The summed E-state index contributed by atoms with van der Waals surface area (Å²) in [5.74, 6) is -0.319. The van der Waals surface area contributed by atoms with Crippen LogP contribution in [0.3, 0.4) is 0 Å². The fraction of sp³-hybridized carbons (Fsp3) is 0.891. The van der Waals surface area contributed by atoms with Crippen molar-refractivity contribution in [2.24, 2.45) is 0 Å². The van der Waals surface area contributed by atoms with Crippen molar-refractivity contribution in [1.29, 1.82) is 0 Å². The lowest BCUT2D eigenvalue weighted by Crippen LogP contribution is -2.45. The molecule has 51 heavy (non-hydrogen) atoms. The van der Waals surface area contributed by atoms with E-state index in [-0.39, 0.29) is 18.9 Å². The van der Waals surface area contributed by atoms with Crippen LogP contribution in [0, 0.1) is 0 Å². The lowest BCUT2D eigenvalue weighted by atomic mass is 10.0. The lowest BCUT2D eigenvalue weighted by molar-refractivity contribution is -0.124. The molecule has 3 atom stereocenters. The second kappa shape index (κ2) is 41.6. The lowest BCUT2D eigenvalue weighted by Gasteiger charge is -2.21. The average molecular weight is 720 g/mol. The molecule has 5 heteroatoms. The van der Waals surface area contributed by atoms with Gasteiger partial charge in [0.1, 0.15) is 0 Å². The van der Waals surface area contributed by atoms with E-state index in [2.05, 4.69) is 31.3 Å². The summed E-state index contributed by atoms with van der Waals surface area (Å²) in [7, 11) is 0. The van der Waals surface area contributed by atoms with Crippen molar-refractivity contribution >= 4 is 5.91 Å². The van der Waals surface area contributed by atoms with Crippen LogP contribution in [0.2, 0.25) is 0 Å². The molecule has 0 saturated heterocycles. The highest BCUT2D eigenvalue weighted by atomic mass is 16.3. The number of aliphatic hydroxyl groups is 3. The Balaban J connectivity index is 3.65. The topological polar surface area (TPSA) is 89.8 Å². The fourth-order valence-corrected chi connectivity index (χ4v) is 6.98. The summed E-state index contributed by atoms with van der Waals surface area (Å²) in [5.41, 5.74) is 0. The van der Waals surface area contributed by atoms with E-state index in [0.29, 0.717) is 6.42 Å². The molecule has 0 fully saturated rings. The minimum atomic E-state index is -0.928. The Bertz CT molecular complexity index is 754. The zero-order valence-electron chi connectivity index (χ0n) is 34.2. The standard InChI is InChI=1S/C46H89NO4/c1-3-5-7-9-11-13-15-17-19-20-21-22-23-24-26-27-29-31-33-35-37-39-43(49)41-46(51)47-44(42-48)45(50)40-38-36-34-32-30-28-25-18-16-14-12-10-8-6-4-2/h24,26,38,40,43-45,48-50H,3-23,25,27-37,39,41-42H2,1-2H3,(H,47,51)/b26-24-,40-38+. The van der Waals surface area contributed by atoms with E-state index in [4.69, 9.17) is 0 Å². The first-order valence-corrected chi connectivity index (χ1v) is 22.6. The summed E-state index contributed by atoms with van der Waals surface area (Å²) in [6.07, 6.45) is 50.3. The second-order valence-electron chi connectivity index (χ2n) is 15.7. The number of hydrogen-bond acceptors (Lipinski definition) is 4. The monoisotopic (exact) mass is 720 g/mol. The van der Waals surface area contributed by atoms with Gasteiger partial charge in [-0.25, -0.2) is 0 Å². The van der Waals surface area contributed by atoms with Gasteiger partial charge in [0.05, 0.1) is 31.3 Å². The Labute approximate surface area is 318 Å². The third kappa shape index (κ3) is 38.4. The first kappa shape index (κ1) is 49.8. The van der Waals surface area contributed by atoms with E-state index in [9.17, 15) is 20.1 Å². The Kier molecular flexibility index (Phi) is 40.6. The van der Waals surface area contributed by atoms with E-state index in [1.54, 1.807) is 6.08 Å². The molecular weight excluding hydrogens is 631 g/mol. The van der Waals surface area contributed by atoms with Crippen molar-refractivity contribution in [2.45, 2.75) is 257 Å². The molecule has 0 saturated carbocycles. The molecule has 0 bridgehead atoms. The molecule has 0 aromatic carbocycles. The second-order valence-corrected chi connectivity index (χ2v) is 15.7. The van der Waals surface area contributed by atoms with Gasteiger partial charge in [0, 0.05) is 0 Å². The Hall–Kier alpha value is -1.17. The van der Waals surface area contributed by atoms with Gasteiger partial charge >= 0.3 is 0 Å². The van der Waals surface area contributed by atoms with Gasteiger partial charge in [-0.15, -0.1) is 0 Å². The van der Waals surface area contributed by atoms with Crippen LogP contribution in [-0.4, -0.2) is 46.1 Å². The number of nitrogens with one attached hydrogen (secondary N) is 1. The van der Waals surface area contributed by atoms with Gasteiger partial charge in [0.25, 0.3) is 0 Å². The number of unbranched alkanes of at least 4 members (excludes halogenated alkanes) is 30. The molecule has 3 unspecified atom stereocenters. The molecule has 0 spiro atoms. The van der Waals surface area contributed by atoms with Crippen molar-refractivity contribution in [3.63, 3.8) is 0 Å². The van der Waals surface area contributed by atoms with Gasteiger partial charge in [0.2, 0.25) is 5.91 Å². The summed E-state index contributed by atoms with van der Waals surface area (Å²) in [5, 5.41) is 33.2. The molecule has 0 rings (SSSR count). The van der Waals surface area contributed by atoms with Crippen LogP contribution in [0.25, 0.3) is 0 Å². The zero-order valence-corrected chi connectivity index (χ0v) is 34.2. The average Bonchev–Trinajstić information content (AvgIpc) is 3.12. The zero-order chi connectivity index (χ0) is 37.3. The van der Waals surface area contributed by atoms with Crippen molar-refractivity contribution in [3.8, 4) is 0 Å². The fourth-order valence-electron chi connectivity index (χ4n) is 6.98.